The first-order valence-corrected chi connectivity index (χ1v) is 19.9. The van der Waals surface area contributed by atoms with E-state index in [0.29, 0.717) is 23.7 Å². The quantitative estimate of drug-likeness (QED) is 0.118. The Bertz CT molecular complexity index is 2500. The van der Waals surface area contributed by atoms with Crippen molar-refractivity contribution in [1.82, 2.24) is 9.55 Å². The van der Waals surface area contributed by atoms with Crippen molar-refractivity contribution < 1.29 is 22.4 Å². The molecule has 0 saturated carbocycles. The Morgan fingerprint density at radius 3 is 1.30 bits per heavy atom. The normalized spacial score (nSPS) is 12.9. The topological polar surface area (TPSA) is 25.5 Å². The molecule has 0 amide bonds. The first-order chi connectivity index (χ1) is 26.6. The number of nitrogens with zero attached hydrogens (tertiary/aromatic N) is 4. The van der Waals surface area contributed by atoms with Gasteiger partial charge in [-0.3, -0.25) is 0 Å². The Balaban J connectivity index is 0.000000169. The molecule has 6 aromatic carbocycles. The third-order valence-electron chi connectivity index (χ3n) is 11.1. The van der Waals surface area contributed by atoms with Crippen LogP contribution in [0.15, 0.2) is 140 Å². The largest absolute Gasteiger partial charge is 0.657 e. The standard InChI is InChI=1S/C27H37N2.C24H15N2.Au/c1-18(2)22-11-9-12-23(19(3)4)26(22)28-15-16-29(17-28)27-24(20(5)6)13-10-14-25(27)21(7)8;1-4-10-21-17(7-1)20-15-16(13-14-22(20)25-21)26-23-11-5-2-8-18(23)19-9-3-6-12-24(19)26;/h9-21H,1-8H3;1-15H;/q2*-1;. The molecule has 0 N–H and O–H groups in total. The van der Waals surface area contributed by atoms with Gasteiger partial charge < -0.3 is 19.4 Å². The summed E-state index contributed by atoms with van der Waals surface area (Å²) in [6.07, 6.45) is 4.43. The van der Waals surface area contributed by atoms with E-state index < -0.39 is 0 Å². The molecule has 0 aliphatic carbocycles. The number of aromatic nitrogens is 2. The molecule has 0 saturated heterocycles. The van der Waals surface area contributed by atoms with Gasteiger partial charge in [0.15, 0.2) is 0 Å². The maximum atomic E-state index is 4.75. The Morgan fingerprint density at radius 1 is 0.429 bits per heavy atom. The molecule has 8 aromatic rings. The average molecular weight is 918 g/mol. The molecule has 5 heteroatoms. The van der Waals surface area contributed by atoms with Gasteiger partial charge in [-0.1, -0.05) is 159 Å². The van der Waals surface area contributed by atoms with Crippen LogP contribution in [0, 0.1) is 6.67 Å². The minimum atomic E-state index is 0. The van der Waals surface area contributed by atoms with Crippen LogP contribution < -0.4 is 14.8 Å². The van der Waals surface area contributed by atoms with Crippen molar-refractivity contribution in [3.8, 4) is 5.69 Å². The molecule has 0 fully saturated rings. The Hall–Kier alpha value is -5.00. The van der Waals surface area contributed by atoms with Gasteiger partial charge >= 0.3 is 0 Å². The van der Waals surface area contributed by atoms with Gasteiger partial charge in [-0.15, -0.1) is 17.7 Å². The van der Waals surface area contributed by atoms with Gasteiger partial charge in [0.1, 0.15) is 0 Å². The Morgan fingerprint density at radius 2 is 0.839 bits per heavy atom. The molecule has 0 unspecified atom stereocenters. The first kappa shape index (κ1) is 39.2. The van der Waals surface area contributed by atoms with Crippen LogP contribution in [0.4, 0.5) is 11.4 Å². The number of para-hydroxylation sites is 5. The van der Waals surface area contributed by atoms with Gasteiger partial charge in [-0.2, -0.15) is 0 Å². The number of rotatable bonds is 7. The van der Waals surface area contributed by atoms with E-state index in [0.717, 1.165) is 11.0 Å². The van der Waals surface area contributed by atoms with Crippen molar-refractivity contribution in [2.45, 2.75) is 79.1 Å². The van der Waals surface area contributed by atoms with Crippen molar-refractivity contribution in [3.05, 3.63) is 169 Å². The van der Waals surface area contributed by atoms with Crippen LogP contribution in [0.2, 0.25) is 0 Å². The zero-order valence-electron chi connectivity index (χ0n) is 33.8. The second-order valence-electron chi connectivity index (χ2n) is 16.1. The summed E-state index contributed by atoms with van der Waals surface area (Å²) < 4.78 is 2.35. The fraction of sp³-hybridized carbons (Fsp3) is 0.235. The van der Waals surface area contributed by atoms with Crippen LogP contribution in [0.25, 0.3) is 49.3 Å². The first-order valence-electron chi connectivity index (χ1n) is 19.9. The zero-order chi connectivity index (χ0) is 38.4. The smallest absolute Gasteiger partial charge is 0.0541 e. The molecule has 0 spiro atoms. The molecule has 289 valence electrons. The molecular formula is C51H52AuN4-2. The maximum Gasteiger partial charge on any atom is 0.0541 e. The summed E-state index contributed by atoms with van der Waals surface area (Å²) in [5.74, 6) is 1.92. The van der Waals surface area contributed by atoms with Gasteiger partial charge in [0, 0.05) is 50.2 Å². The molecule has 3 heterocycles. The molecule has 0 atom stereocenters. The number of benzene rings is 6. The van der Waals surface area contributed by atoms with E-state index in [-0.39, 0.29) is 22.4 Å². The van der Waals surface area contributed by atoms with Gasteiger partial charge in [0.2, 0.25) is 0 Å². The van der Waals surface area contributed by atoms with Crippen LogP contribution in [0.1, 0.15) is 101 Å². The molecule has 0 bridgehead atoms. The van der Waals surface area contributed by atoms with E-state index in [1.165, 1.54) is 71.9 Å². The van der Waals surface area contributed by atoms with Gasteiger partial charge in [-0.05, 0) is 93.4 Å². The molecular weight excluding hydrogens is 866 g/mol. The van der Waals surface area contributed by atoms with Crippen LogP contribution in [0.5, 0.6) is 0 Å². The van der Waals surface area contributed by atoms with Crippen molar-refractivity contribution in [1.29, 1.82) is 0 Å². The van der Waals surface area contributed by atoms with E-state index in [1.807, 2.05) is 6.07 Å². The van der Waals surface area contributed by atoms with E-state index in [9.17, 15) is 0 Å². The number of hydrogen-bond donors (Lipinski definition) is 0. The minimum absolute atomic E-state index is 0. The summed E-state index contributed by atoms with van der Waals surface area (Å²) in [4.78, 5) is 9.40. The third-order valence-corrected chi connectivity index (χ3v) is 11.1. The second kappa shape index (κ2) is 16.2. The average Bonchev–Trinajstić information content (AvgIpc) is 3.91. The molecule has 56 heavy (non-hydrogen) atoms. The van der Waals surface area contributed by atoms with Crippen molar-refractivity contribution in [3.63, 3.8) is 0 Å². The predicted molar refractivity (Wildman–Crippen MR) is 237 cm³/mol. The van der Waals surface area contributed by atoms with Crippen LogP contribution in [0.3, 0.4) is 0 Å². The summed E-state index contributed by atoms with van der Waals surface area (Å²) in [7, 11) is 0. The van der Waals surface area contributed by atoms with Gasteiger partial charge in [0.25, 0.3) is 0 Å². The third kappa shape index (κ3) is 7.11. The summed E-state index contributed by atoms with van der Waals surface area (Å²) in [6.45, 7) is 20.5. The zero-order valence-corrected chi connectivity index (χ0v) is 35.9. The van der Waals surface area contributed by atoms with E-state index in [1.54, 1.807) is 0 Å². The predicted octanol–water partition coefficient (Wildman–Crippen LogP) is 14.1. The maximum absolute atomic E-state index is 4.75. The van der Waals surface area contributed by atoms with Crippen molar-refractivity contribution >= 4 is 55.0 Å². The summed E-state index contributed by atoms with van der Waals surface area (Å²) in [5, 5.41) is 4.99. The summed E-state index contributed by atoms with van der Waals surface area (Å²) >= 11 is 0. The molecule has 1 aliphatic heterocycles. The fourth-order valence-electron chi connectivity index (χ4n) is 8.34. The van der Waals surface area contributed by atoms with Crippen molar-refractivity contribution in [2.24, 2.45) is 0 Å². The molecule has 9 rings (SSSR count). The SMILES string of the molecule is CC(C)c1cccc(C(C)C)c1N1C=CN(c2c(C(C)C)cccc2C(C)C)[CH-]1.[Au].c1ccc2c(c1)[n-]c1ccc(-n3c4ccccc4c4ccccc43)cc12. The van der Waals surface area contributed by atoms with Crippen LogP contribution >= 0.6 is 0 Å². The number of anilines is 2. The fourth-order valence-corrected chi connectivity index (χ4v) is 8.34. The van der Waals surface area contributed by atoms with Gasteiger partial charge in [0.05, 0.1) is 11.0 Å². The minimum Gasteiger partial charge on any atom is -0.657 e. The number of hydrogen-bond acceptors (Lipinski definition) is 2. The monoisotopic (exact) mass is 917 g/mol. The molecule has 2 aromatic heterocycles. The van der Waals surface area contributed by atoms with Gasteiger partial charge in [-0.25, -0.2) is 0 Å². The molecule has 1 aliphatic rings. The van der Waals surface area contributed by atoms with Crippen molar-refractivity contribution in [2.75, 3.05) is 9.80 Å². The van der Waals surface area contributed by atoms with E-state index >= 15 is 0 Å². The number of fused-ring (bicyclic) bond motifs is 6. The second-order valence-corrected chi connectivity index (χ2v) is 16.1. The molecule has 4 nitrogen and oxygen atoms in total. The van der Waals surface area contributed by atoms with E-state index in [2.05, 4.69) is 210 Å². The van der Waals surface area contributed by atoms with E-state index in [4.69, 9.17) is 4.98 Å². The van der Waals surface area contributed by atoms with Crippen LogP contribution in [-0.4, -0.2) is 4.57 Å². The molecule has 1 radical (unpaired) electrons. The Kier molecular flexibility index (Phi) is 11.4. The summed E-state index contributed by atoms with van der Waals surface area (Å²) in [6, 6.07) is 45.7. The summed E-state index contributed by atoms with van der Waals surface area (Å²) in [5.41, 5.74) is 14.0. The Labute approximate surface area is 348 Å². The van der Waals surface area contributed by atoms with Crippen LogP contribution in [-0.2, 0) is 22.4 Å².